The lowest BCUT2D eigenvalue weighted by Gasteiger charge is -2.17. The van der Waals surface area contributed by atoms with Crippen molar-refractivity contribution in [3.8, 4) is 0 Å². The van der Waals surface area contributed by atoms with Gasteiger partial charge < -0.3 is 0 Å². The first kappa shape index (κ1) is 15.2. The molecule has 0 atom stereocenters. The van der Waals surface area contributed by atoms with E-state index in [0.717, 1.165) is 10.2 Å². The van der Waals surface area contributed by atoms with Gasteiger partial charge in [0.1, 0.15) is 0 Å². The van der Waals surface area contributed by atoms with E-state index in [2.05, 4.69) is 20.9 Å². The Balaban J connectivity index is 2.10. The molecular formula is C14H15BrN2O2S. The van der Waals surface area contributed by atoms with Gasteiger partial charge in [0.2, 0.25) is 10.0 Å². The van der Waals surface area contributed by atoms with Crippen LogP contribution in [0, 0.1) is 0 Å². The van der Waals surface area contributed by atoms with Crippen LogP contribution in [0.5, 0.6) is 0 Å². The number of pyridine rings is 1. The molecule has 0 saturated heterocycles. The molecule has 2 aromatic rings. The fraction of sp³-hybridized carbons (Fsp3) is 0.214. The molecule has 0 saturated carbocycles. The summed E-state index contributed by atoms with van der Waals surface area (Å²) >= 11 is 3.29. The number of rotatable bonds is 5. The van der Waals surface area contributed by atoms with E-state index in [4.69, 9.17) is 0 Å². The van der Waals surface area contributed by atoms with E-state index in [1.807, 2.05) is 18.2 Å². The normalized spacial score (nSPS) is 11.8. The van der Waals surface area contributed by atoms with Crippen molar-refractivity contribution in [1.82, 2.24) is 9.29 Å². The number of aromatic nitrogens is 1. The molecule has 0 aliphatic rings. The SMILES string of the molecule is CN(CCc1ccccn1)S(=O)(=O)c1cccc(Br)c1. The van der Waals surface area contributed by atoms with Crippen molar-refractivity contribution in [2.24, 2.45) is 0 Å². The maximum atomic E-state index is 12.4. The molecule has 0 N–H and O–H groups in total. The van der Waals surface area contributed by atoms with E-state index in [1.54, 1.807) is 37.5 Å². The van der Waals surface area contributed by atoms with Gasteiger partial charge in [0, 0.05) is 36.4 Å². The highest BCUT2D eigenvalue weighted by molar-refractivity contribution is 9.10. The Morgan fingerprint density at radius 2 is 2.00 bits per heavy atom. The van der Waals surface area contributed by atoms with Gasteiger partial charge in [-0.1, -0.05) is 28.1 Å². The summed E-state index contributed by atoms with van der Waals surface area (Å²) in [5, 5.41) is 0. The van der Waals surface area contributed by atoms with Crippen LogP contribution in [0.25, 0.3) is 0 Å². The van der Waals surface area contributed by atoms with Crippen LogP contribution in [0.2, 0.25) is 0 Å². The molecule has 6 heteroatoms. The lowest BCUT2D eigenvalue weighted by Crippen LogP contribution is -2.29. The largest absolute Gasteiger partial charge is 0.261 e. The van der Waals surface area contributed by atoms with Gasteiger partial charge in [-0.15, -0.1) is 0 Å². The van der Waals surface area contributed by atoms with Crippen molar-refractivity contribution < 1.29 is 8.42 Å². The van der Waals surface area contributed by atoms with Crippen molar-refractivity contribution in [1.29, 1.82) is 0 Å². The summed E-state index contributed by atoms with van der Waals surface area (Å²) in [6.45, 7) is 0.395. The summed E-state index contributed by atoms with van der Waals surface area (Å²) in [6.07, 6.45) is 2.29. The molecule has 0 spiro atoms. The minimum Gasteiger partial charge on any atom is -0.261 e. The van der Waals surface area contributed by atoms with E-state index < -0.39 is 10.0 Å². The third kappa shape index (κ3) is 3.65. The van der Waals surface area contributed by atoms with Crippen LogP contribution in [-0.4, -0.2) is 31.3 Å². The quantitative estimate of drug-likeness (QED) is 0.829. The van der Waals surface area contributed by atoms with Crippen molar-refractivity contribution in [2.45, 2.75) is 11.3 Å². The number of likely N-dealkylation sites (N-methyl/N-ethyl adjacent to an activating group) is 1. The number of hydrogen-bond donors (Lipinski definition) is 0. The fourth-order valence-corrected chi connectivity index (χ4v) is 3.51. The topological polar surface area (TPSA) is 50.3 Å². The van der Waals surface area contributed by atoms with Gasteiger partial charge in [-0.2, -0.15) is 0 Å². The van der Waals surface area contributed by atoms with E-state index in [0.29, 0.717) is 13.0 Å². The molecule has 0 bridgehead atoms. The summed E-state index contributed by atoms with van der Waals surface area (Å²) in [6, 6.07) is 12.3. The average molecular weight is 355 g/mol. The third-order valence-electron chi connectivity index (χ3n) is 2.91. The predicted octanol–water partition coefficient (Wildman–Crippen LogP) is 2.71. The van der Waals surface area contributed by atoms with Crippen LogP contribution in [-0.2, 0) is 16.4 Å². The van der Waals surface area contributed by atoms with Gasteiger partial charge >= 0.3 is 0 Å². The van der Waals surface area contributed by atoms with E-state index in [-0.39, 0.29) is 4.90 Å². The van der Waals surface area contributed by atoms with Gasteiger partial charge in [-0.25, -0.2) is 12.7 Å². The lowest BCUT2D eigenvalue weighted by atomic mass is 10.3. The Bertz CT molecular complexity index is 675. The molecular weight excluding hydrogens is 340 g/mol. The monoisotopic (exact) mass is 354 g/mol. The Kier molecular flexibility index (Phi) is 4.91. The van der Waals surface area contributed by atoms with Gasteiger partial charge in [-0.3, -0.25) is 4.98 Å². The summed E-state index contributed by atoms with van der Waals surface area (Å²) in [4.78, 5) is 4.48. The van der Waals surface area contributed by atoms with Crippen LogP contribution in [0.3, 0.4) is 0 Å². The van der Waals surface area contributed by atoms with Crippen molar-refractivity contribution in [2.75, 3.05) is 13.6 Å². The first-order chi connectivity index (χ1) is 9.50. The molecule has 1 aromatic heterocycles. The Morgan fingerprint density at radius 1 is 1.20 bits per heavy atom. The molecule has 1 heterocycles. The summed E-state index contributed by atoms with van der Waals surface area (Å²) in [5.74, 6) is 0. The van der Waals surface area contributed by atoms with Crippen molar-refractivity contribution in [3.05, 3.63) is 58.8 Å². The second-order valence-corrected chi connectivity index (χ2v) is 7.32. The zero-order chi connectivity index (χ0) is 14.6. The smallest absolute Gasteiger partial charge is 0.242 e. The molecule has 0 amide bonds. The lowest BCUT2D eigenvalue weighted by molar-refractivity contribution is 0.471. The van der Waals surface area contributed by atoms with Crippen LogP contribution in [0.1, 0.15) is 5.69 Å². The Morgan fingerprint density at radius 3 is 2.65 bits per heavy atom. The van der Waals surface area contributed by atoms with Crippen molar-refractivity contribution in [3.63, 3.8) is 0 Å². The number of nitrogens with zero attached hydrogens (tertiary/aromatic N) is 2. The van der Waals surface area contributed by atoms with Crippen molar-refractivity contribution >= 4 is 26.0 Å². The molecule has 0 radical (unpaired) electrons. The molecule has 106 valence electrons. The summed E-state index contributed by atoms with van der Waals surface area (Å²) in [5.41, 5.74) is 0.879. The van der Waals surface area contributed by atoms with Gasteiger partial charge in [0.05, 0.1) is 4.90 Å². The third-order valence-corrected chi connectivity index (χ3v) is 5.26. The van der Waals surface area contributed by atoms with Crippen LogP contribution in [0.4, 0.5) is 0 Å². The summed E-state index contributed by atoms with van der Waals surface area (Å²) < 4.78 is 26.9. The molecule has 4 nitrogen and oxygen atoms in total. The maximum Gasteiger partial charge on any atom is 0.242 e. The molecule has 2 rings (SSSR count). The number of benzene rings is 1. The second kappa shape index (κ2) is 6.47. The highest BCUT2D eigenvalue weighted by atomic mass is 79.9. The zero-order valence-electron chi connectivity index (χ0n) is 11.0. The molecule has 0 aliphatic carbocycles. The van der Waals surface area contributed by atoms with Crippen LogP contribution in [0.15, 0.2) is 58.0 Å². The molecule has 0 fully saturated rings. The predicted molar refractivity (Wildman–Crippen MR) is 81.9 cm³/mol. The molecule has 20 heavy (non-hydrogen) atoms. The van der Waals surface area contributed by atoms with Crippen LogP contribution >= 0.6 is 15.9 Å². The first-order valence-electron chi connectivity index (χ1n) is 6.12. The van der Waals surface area contributed by atoms with E-state index in [9.17, 15) is 8.42 Å². The highest BCUT2D eigenvalue weighted by Crippen LogP contribution is 2.19. The highest BCUT2D eigenvalue weighted by Gasteiger charge is 2.20. The van der Waals surface area contributed by atoms with Gasteiger partial charge in [0.15, 0.2) is 0 Å². The number of sulfonamides is 1. The zero-order valence-corrected chi connectivity index (χ0v) is 13.4. The number of halogens is 1. The van der Waals surface area contributed by atoms with Gasteiger partial charge in [0.25, 0.3) is 0 Å². The minimum atomic E-state index is -3.46. The van der Waals surface area contributed by atoms with Gasteiger partial charge in [-0.05, 0) is 30.3 Å². The fourth-order valence-electron chi connectivity index (χ4n) is 1.75. The summed E-state index contributed by atoms with van der Waals surface area (Å²) in [7, 11) is -1.87. The Labute approximate surface area is 127 Å². The minimum absolute atomic E-state index is 0.287. The second-order valence-electron chi connectivity index (χ2n) is 4.36. The van der Waals surface area contributed by atoms with E-state index in [1.165, 1.54) is 4.31 Å². The first-order valence-corrected chi connectivity index (χ1v) is 8.35. The Hall–Kier alpha value is -1.24. The maximum absolute atomic E-state index is 12.4. The molecule has 1 aromatic carbocycles. The number of hydrogen-bond acceptors (Lipinski definition) is 3. The van der Waals surface area contributed by atoms with E-state index >= 15 is 0 Å². The van der Waals surface area contributed by atoms with Crippen LogP contribution < -0.4 is 0 Å². The average Bonchev–Trinajstić information content (AvgIpc) is 2.45. The molecule has 0 unspecified atom stereocenters. The standard InChI is InChI=1S/C14H15BrN2O2S/c1-17(10-8-13-6-2-3-9-16-13)20(18,19)14-7-4-5-12(15)11-14/h2-7,9,11H,8,10H2,1H3. The molecule has 0 aliphatic heterocycles.